The molecule has 0 spiro atoms. The fourth-order valence-electron chi connectivity index (χ4n) is 3.24. The van der Waals surface area contributed by atoms with Gasteiger partial charge in [-0.3, -0.25) is 4.79 Å². The second kappa shape index (κ2) is 33.3. The van der Waals surface area contributed by atoms with Crippen LogP contribution >= 0.6 is 0 Å². The zero-order valence-corrected chi connectivity index (χ0v) is 22.4. The number of carbonyl (C=O) groups excluding carboxylic acids is 1. The van der Waals surface area contributed by atoms with Gasteiger partial charge in [0.1, 0.15) is 6.29 Å². The monoisotopic (exact) mass is 474 g/mol. The molecule has 0 rings (SSSR count). The molecule has 0 aliphatic heterocycles. The first-order valence-corrected chi connectivity index (χ1v) is 14.0. The number of carboxylic acid groups (broad SMARTS) is 1. The molecule has 0 amide bonds. The van der Waals surface area contributed by atoms with E-state index in [9.17, 15) is 9.59 Å². The van der Waals surface area contributed by atoms with Gasteiger partial charge in [0.15, 0.2) is 0 Å². The topological polar surface area (TPSA) is 54.4 Å². The Labute approximate surface area is 211 Å². The van der Waals surface area contributed by atoms with E-state index < -0.39 is 5.97 Å². The number of carboxylic acids is 1. The normalized spacial score (nSPS) is 11.6. The lowest BCUT2D eigenvalue weighted by molar-refractivity contribution is -0.137. The Bertz CT molecular complexity index is 529. The Morgan fingerprint density at radius 3 is 1.59 bits per heavy atom. The first-order valence-electron chi connectivity index (χ1n) is 14.0. The van der Waals surface area contributed by atoms with Gasteiger partial charge in [0.25, 0.3) is 0 Å². The van der Waals surface area contributed by atoms with E-state index in [1.54, 1.807) is 0 Å². The number of aldehydes is 1. The van der Waals surface area contributed by atoms with Gasteiger partial charge in [-0.25, -0.2) is 0 Å². The quantitative estimate of drug-likeness (QED) is 0.0693. The van der Waals surface area contributed by atoms with Crippen molar-refractivity contribution in [2.45, 2.75) is 136 Å². The smallest absolute Gasteiger partial charge is 0.303 e. The molecule has 1 N–H and O–H groups in total. The second-order valence-corrected chi connectivity index (χ2v) is 8.81. The molecule has 0 saturated carbocycles. The Balaban J connectivity index is 0. The lowest BCUT2D eigenvalue weighted by atomic mass is 10.1. The maximum absolute atomic E-state index is 10.3. The number of hydrogen-bond donors (Lipinski definition) is 1. The van der Waals surface area contributed by atoms with E-state index >= 15 is 0 Å². The number of allylic oxidation sites excluding steroid dienone is 8. The van der Waals surface area contributed by atoms with Crippen molar-refractivity contribution in [2.24, 2.45) is 0 Å². The highest BCUT2D eigenvalue weighted by molar-refractivity contribution is 5.66. The molecule has 0 fully saturated rings. The lowest BCUT2D eigenvalue weighted by Gasteiger charge is -1.98. The first-order chi connectivity index (χ1) is 16.7. The Morgan fingerprint density at radius 2 is 1.00 bits per heavy atom. The highest BCUT2D eigenvalue weighted by atomic mass is 16.4. The van der Waals surface area contributed by atoms with Gasteiger partial charge in [0.05, 0.1) is 0 Å². The molecule has 0 atom stereocenters. The summed E-state index contributed by atoms with van der Waals surface area (Å²) in [7, 11) is 0. The van der Waals surface area contributed by atoms with E-state index in [2.05, 4.69) is 50.3 Å². The van der Waals surface area contributed by atoms with Gasteiger partial charge in [-0.1, -0.05) is 107 Å². The minimum absolute atomic E-state index is 0.331. The third-order valence-corrected chi connectivity index (χ3v) is 5.37. The fourth-order valence-corrected chi connectivity index (χ4v) is 3.24. The molecule has 3 heteroatoms. The second-order valence-electron chi connectivity index (χ2n) is 8.81. The van der Waals surface area contributed by atoms with Crippen molar-refractivity contribution in [2.75, 3.05) is 0 Å². The lowest BCUT2D eigenvalue weighted by Crippen LogP contribution is -1.93. The maximum atomic E-state index is 10.3. The summed E-state index contributed by atoms with van der Waals surface area (Å²) < 4.78 is 0. The SMILES string of the molecule is CCCCC/C=C\CCCCCCCC(=O)O.CCCCC=CCCCC=CC=CCCC=O. The molecule has 0 aromatic carbocycles. The fraction of sp³-hybridized carbons (Fsp3) is 0.677. The molecule has 0 aromatic rings. The van der Waals surface area contributed by atoms with Crippen molar-refractivity contribution in [1.82, 2.24) is 0 Å². The molecular formula is C31H54O3. The molecule has 0 aliphatic rings. The average molecular weight is 475 g/mol. The van der Waals surface area contributed by atoms with Crippen molar-refractivity contribution in [1.29, 1.82) is 0 Å². The molecular weight excluding hydrogens is 420 g/mol. The van der Waals surface area contributed by atoms with Crippen molar-refractivity contribution in [3.63, 3.8) is 0 Å². The number of hydrogen-bond acceptors (Lipinski definition) is 2. The van der Waals surface area contributed by atoms with Crippen molar-refractivity contribution < 1.29 is 14.7 Å². The van der Waals surface area contributed by atoms with E-state index in [1.165, 1.54) is 83.5 Å². The molecule has 34 heavy (non-hydrogen) atoms. The number of carbonyl (C=O) groups is 2. The number of aliphatic carboxylic acids is 1. The van der Waals surface area contributed by atoms with Gasteiger partial charge in [0.2, 0.25) is 0 Å². The zero-order chi connectivity index (χ0) is 25.4. The van der Waals surface area contributed by atoms with Gasteiger partial charge < -0.3 is 9.90 Å². The van der Waals surface area contributed by atoms with E-state index in [0.29, 0.717) is 12.8 Å². The third-order valence-electron chi connectivity index (χ3n) is 5.37. The molecule has 0 heterocycles. The summed E-state index contributed by atoms with van der Waals surface area (Å²) in [6.07, 6.45) is 39.6. The third kappa shape index (κ3) is 37.4. The van der Waals surface area contributed by atoms with Gasteiger partial charge in [-0.15, -0.1) is 0 Å². The average Bonchev–Trinajstić information content (AvgIpc) is 2.83. The minimum atomic E-state index is -0.667. The van der Waals surface area contributed by atoms with Gasteiger partial charge in [-0.2, -0.15) is 0 Å². The van der Waals surface area contributed by atoms with Gasteiger partial charge >= 0.3 is 5.97 Å². The van der Waals surface area contributed by atoms with Crippen LogP contribution < -0.4 is 0 Å². The van der Waals surface area contributed by atoms with Gasteiger partial charge in [0, 0.05) is 12.8 Å². The van der Waals surface area contributed by atoms with Crippen molar-refractivity contribution in [3.05, 3.63) is 48.6 Å². The van der Waals surface area contributed by atoms with Crippen LogP contribution in [0.4, 0.5) is 0 Å². The summed E-state index contributed by atoms with van der Waals surface area (Å²) in [5, 5.41) is 8.47. The largest absolute Gasteiger partial charge is 0.481 e. The van der Waals surface area contributed by atoms with Gasteiger partial charge in [-0.05, 0) is 64.2 Å². The summed E-state index contributed by atoms with van der Waals surface area (Å²) in [6.45, 7) is 4.45. The standard InChI is InChI=1S/C16H26O.C15H28O2/c1-2-3-4-5-6-7-8-9-10-11-12-13-14-15-16-17;1-2-3-4-5-6-7-8-9-10-11-12-13-14-15(16)17/h5-6,10-13,16H,2-4,7-9,14-15H2,1H3;6-7H,2-5,8-14H2,1H3,(H,16,17)/b;7-6-. The Hall–Kier alpha value is -1.90. The van der Waals surface area contributed by atoms with E-state index in [0.717, 1.165) is 32.0 Å². The van der Waals surface area contributed by atoms with Crippen LogP contribution in [0.1, 0.15) is 136 Å². The van der Waals surface area contributed by atoms with Crippen molar-refractivity contribution in [3.8, 4) is 0 Å². The predicted molar refractivity (Wildman–Crippen MR) is 149 cm³/mol. The zero-order valence-electron chi connectivity index (χ0n) is 22.4. The minimum Gasteiger partial charge on any atom is -0.481 e. The molecule has 196 valence electrons. The van der Waals surface area contributed by atoms with Crippen LogP contribution in [0.15, 0.2) is 48.6 Å². The summed E-state index contributed by atoms with van der Waals surface area (Å²) in [6, 6.07) is 0. The summed E-state index contributed by atoms with van der Waals surface area (Å²) in [5.41, 5.74) is 0. The summed E-state index contributed by atoms with van der Waals surface area (Å²) >= 11 is 0. The van der Waals surface area contributed by atoms with Crippen LogP contribution in [0.3, 0.4) is 0 Å². The number of rotatable bonds is 23. The van der Waals surface area contributed by atoms with E-state index in [-0.39, 0.29) is 0 Å². The Morgan fingerprint density at radius 1 is 0.529 bits per heavy atom. The molecule has 0 aromatic heterocycles. The highest BCUT2D eigenvalue weighted by Gasteiger charge is 1.95. The van der Waals surface area contributed by atoms with Crippen LogP contribution in [0, 0.1) is 0 Å². The highest BCUT2D eigenvalue weighted by Crippen LogP contribution is 2.08. The van der Waals surface area contributed by atoms with E-state index in [1.807, 2.05) is 12.2 Å². The number of unbranched alkanes of at least 4 members (excludes halogenated alkanes) is 13. The predicted octanol–water partition coefficient (Wildman–Crippen LogP) is 9.93. The van der Waals surface area contributed by atoms with E-state index in [4.69, 9.17) is 5.11 Å². The molecule has 0 radical (unpaired) electrons. The van der Waals surface area contributed by atoms with Crippen LogP contribution in [-0.4, -0.2) is 17.4 Å². The van der Waals surface area contributed by atoms with Crippen LogP contribution in [0.25, 0.3) is 0 Å². The first kappa shape index (κ1) is 34.3. The summed E-state index contributed by atoms with van der Waals surface area (Å²) in [5.74, 6) is -0.667. The van der Waals surface area contributed by atoms with Crippen LogP contribution in [0.2, 0.25) is 0 Å². The van der Waals surface area contributed by atoms with Crippen LogP contribution in [-0.2, 0) is 9.59 Å². The summed E-state index contributed by atoms with van der Waals surface area (Å²) in [4.78, 5) is 20.3. The molecule has 3 nitrogen and oxygen atoms in total. The maximum Gasteiger partial charge on any atom is 0.303 e. The molecule has 0 unspecified atom stereocenters. The van der Waals surface area contributed by atoms with Crippen LogP contribution in [0.5, 0.6) is 0 Å². The molecule has 0 bridgehead atoms. The molecule has 0 aliphatic carbocycles. The molecule has 0 saturated heterocycles. The van der Waals surface area contributed by atoms with Crippen molar-refractivity contribution >= 4 is 12.3 Å². The Kier molecular flexibility index (Phi) is 33.5.